The molecular weight excluding hydrogens is 261 g/mol. The molecule has 1 N–H and O–H groups in total. The lowest BCUT2D eigenvalue weighted by atomic mass is 10.0. The van der Waals surface area contributed by atoms with E-state index in [1.54, 1.807) is 25.1 Å². The molecule has 0 aromatic heterocycles. The van der Waals surface area contributed by atoms with Gasteiger partial charge in [0.1, 0.15) is 5.82 Å². The smallest absolute Gasteiger partial charge is 0.331 e. The Labute approximate surface area is 117 Å². The number of hydrogen-bond acceptors (Lipinski definition) is 2. The second-order valence-corrected chi connectivity index (χ2v) is 4.67. The van der Waals surface area contributed by atoms with Crippen LogP contribution in [0.1, 0.15) is 32.4 Å². The van der Waals surface area contributed by atoms with Crippen molar-refractivity contribution in [3.63, 3.8) is 0 Å². The maximum Gasteiger partial charge on any atom is 0.331 e. The van der Waals surface area contributed by atoms with Gasteiger partial charge in [0.15, 0.2) is 0 Å². The van der Waals surface area contributed by atoms with Crippen molar-refractivity contribution >= 4 is 11.9 Å². The molecule has 1 rings (SSSR count). The summed E-state index contributed by atoms with van der Waals surface area (Å²) in [7, 11) is 1.53. The van der Waals surface area contributed by atoms with Crippen molar-refractivity contribution in [3.05, 3.63) is 46.8 Å². The van der Waals surface area contributed by atoms with E-state index in [1.807, 2.05) is 0 Å². The summed E-state index contributed by atoms with van der Waals surface area (Å²) in [4.78, 5) is 24.4. The first kappa shape index (κ1) is 15.9. The fourth-order valence-electron chi connectivity index (χ4n) is 1.78. The first-order valence-electron chi connectivity index (χ1n) is 6.19. The fraction of sp³-hybridized carbons (Fsp3) is 0.333. The van der Waals surface area contributed by atoms with Crippen LogP contribution in [0.4, 0.5) is 4.39 Å². The molecule has 108 valence electrons. The zero-order chi connectivity index (χ0) is 15.4. The highest BCUT2D eigenvalue weighted by Gasteiger charge is 2.23. The van der Waals surface area contributed by atoms with E-state index in [4.69, 9.17) is 5.11 Å². The number of amides is 1. The predicted octanol–water partition coefficient (Wildman–Crippen LogP) is 2.77. The number of aliphatic carboxylic acids is 1. The van der Waals surface area contributed by atoms with Gasteiger partial charge in [0.05, 0.1) is 6.04 Å². The van der Waals surface area contributed by atoms with Crippen LogP contribution in [-0.2, 0) is 9.59 Å². The topological polar surface area (TPSA) is 57.6 Å². The van der Waals surface area contributed by atoms with Crippen molar-refractivity contribution in [1.29, 1.82) is 0 Å². The largest absolute Gasteiger partial charge is 0.478 e. The minimum absolute atomic E-state index is 0.0115. The molecule has 1 atom stereocenters. The van der Waals surface area contributed by atoms with Crippen molar-refractivity contribution < 1.29 is 19.1 Å². The number of nitrogens with zero attached hydrogens (tertiary/aromatic N) is 1. The molecule has 5 heteroatoms. The summed E-state index contributed by atoms with van der Waals surface area (Å²) in [5, 5.41) is 8.89. The van der Waals surface area contributed by atoms with Gasteiger partial charge in [0.2, 0.25) is 5.91 Å². The van der Waals surface area contributed by atoms with Crippen LogP contribution >= 0.6 is 0 Å². The van der Waals surface area contributed by atoms with Crippen LogP contribution < -0.4 is 0 Å². The van der Waals surface area contributed by atoms with Crippen LogP contribution in [0.15, 0.2) is 35.4 Å². The van der Waals surface area contributed by atoms with Crippen molar-refractivity contribution in [1.82, 2.24) is 4.90 Å². The summed E-state index contributed by atoms with van der Waals surface area (Å²) in [5.74, 6) is -1.96. The lowest BCUT2D eigenvalue weighted by molar-refractivity contribution is -0.134. The molecule has 0 bridgehead atoms. The van der Waals surface area contributed by atoms with E-state index >= 15 is 0 Å². The zero-order valence-corrected chi connectivity index (χ0v) is 12.0. The third kappa shape index (κ3) is 3.23. The summed E-state index contributed by atoms with van der Waals surface area (Å²) in [6, 6.07) is 5.72. The lowest BCUT2D eigenvalue weighted by Gasteiger charge is -2.26. The molecule has 1 aromatic rings. The van der Waals surface area contributed by atoms with Crippen LogP contribution in [0.3, 0.4) is 0 Å². The first-order chi connectivity index (χ1) is 9.27. The molecule has 0 saturated heterocycles. The number of carbonyl (C=O) groups is 2. The van der Waals surface area contributed by atoms with E-state index in [0.29, 0.717) is 5.56 Å². The number of benzene rings is 1. The number of carboxylic acid groups (broad SMARTS) is 1. The Kier molecular flexibility index (Phi) is 5.02. The Balaban J connectivity index is 3.04. The number of carboxylic acids is 1. The van der Waals surface area contributed by atoms with Gasteiger partial charge in [-0.2, -0.15) is 0 Å². The van der Waals surface area contributed by atoms with Crippen LogP contribution in [0.25, 0.3) is 0 Å². The standard InChI is InChI=1S/C15H18FNO3/c1-9(10(2)15(19)20)14(18)17(4)11(3)12-7-5-6-8-13(12)16/h5-8,11H,1-4H3,(H,19,20). The van der Waals surface area contributed by atoms with E-state index in [9.17, 15) is 14.0 Å². The average Bonchev–Trinajstić information content (AvgIpc) is 2.43. The molecule has 1 aromatic carbocycles. The van der Waals surface area contributed by atoms with Crippen LogP contribution in [0.2, 0.25) is 0 Å². The SMILES string of the molecule is CC(C(=O)O)=C(C)C(=O)N(C)C(C)c1ccccc1F. The normalized spacial score (nSPS) is 13.4. The Hall–Kier alpha value is -2.17. The molecule has 20 heavy (non-hydrogen) atoms. The first-order valence-corrected chi connectivity index (χ1v) is 6.19. The summed E-state index contributed by atoms with van der Waals surface area (Å²) in [5.41, 5.74) is 0.523. The molecule has 0 aliphatic carbocycles. The summed E-state index contributed by atoms with van der Waals surface area (Å²) in [6.07, 6.45) is 0. The molecule has 0 aliphatic heterocycles. The highest BCUT2D eigenvalue weighted by atomic mass is 19.1. The molecular formula is C15H18FNO3. The molecule has 1 unspecified atom stereocenters. The van der Waals surface area contributed by atoms with Gasteiger partial charge in [0, 0.05) is 23.8 Å². The maximum atomic E-state index is 13.7. The summed E-state index contributed by atoms with van der Waals surface area (Å²) >= 11 is 0. The Morgan fingerprint density at radius 3 is 2.25 bits per heavy atom. The Bertz CT molecular complexity index is 566. The minimum Gasteiger partial charge on any atom is -0.478 e. The van der Waals surface area contributed by atoms with Gasteiger partial charge in [-0.1, -0.05) is 18.2 Å². The molecule has 4 nitrogen and oxygen atoms in total. The third-order valence-corrected chi connectivity index (χ3v) is 3.46. The predicted molar refractivity (Wildman–Crippen MR) is 73.6 cm³/mol. The van der Waals surface area contributed by atoms with Gasteiger partial charge >= 0.3 is 5.97 Å². The number of halogens is 1. The summed E-state index contributed by atoms with van der Waals surface area (Å²) < 4.78 is 13.7. The highest BCUT2D eigenvalue weighted by molar-refractivity contribution is 6.01. The van der Waals surface area contributed by atoms with Gasteiger partial charge in [-0.15, -0.1) is 0 Å². The molecule has 0 radical (unpaired) electrons. The molecule has 1 amide bonds. The van der Waals surface area contributed by atoms with E-state index in [2.05, 4.69) is 0 Å². The summed E-state index contributed by atoms with van der Waals surface area (Å²) in [6.45, 7) is 4.52. The average molecular weight is 279 g/mol. The Morgan fingerprint density at radius 1 is 1.20 bits per heavy atom. The monoisotopic (exact) mass is 279 g/mol. The van der Waals surface area contributed by atoms with Crippen LogP contribution in [-0.4, -0.2) is 28.9 Å². The third-order valence-electron chi connectivity index (χ3n) is 3.46. The highest BCUT2D eigenvalue weighted by Crippen LogP contribution is 2.23. The Morgan fingerprint density at radius 2 is 1.75 bits per heavy atom. The van der Waals surface area contributed by atoms with E-state index < -0.39 is 23.7 Å². The van der Waals surface area contributed by atoms with Gasteiger partial charge in [-0.05, 0) is 26.8 Å². The van der Waals surface area contributed by atoms with E-state index in [1.165, 1.54) is 31.9 Å². The zero-order valence-electron chi connectivity index (χ0n) is 12.0. The second-order valence-electron chi connectivity index (χ2n) is 4.67. The van der Waals surface area contributed by atoms with Crippen molar-refractivity contribution in [3.8, 4) is 0 Å². The lowest BCUT2D eigenvalue weighted by Crippen LogP contribution is -2.31. The molecule has 0 heterocycles. The van der Waals surface area contributed by atoms with Crippen LogP contribution in [0, 0.1) is 5.82 Å². The van der Waals surface area contributed by atoms with Crippen molar-refractivity contribution in [2.24, 2.45) is 0 Å². The fourth-order valence-corrected chi connectivity index (χ4v) is 1.78. The van der Waals surface area contributed by atoms with Crippen molar-refractivity contribution in [2.45, 2.75) is 26.8 Å². The van der Waals surface area contributed by atoms with Crippen LogP contribution in [0.5, 0.6) is 0 Å². The van der Waals surface area contributed by atoms with Crippen molar-refractivity contribution in [2.75, 3.05) is 7.05 Å². The van der Waals surface area contributed by atoms with Gasteiger partial charge in [-0.25, -0.2) is 9.18 Å². The number of carbonyl (C=O) groups excluding carboxylic acids is 1. The molecule has 0 spiro atoms. The molecule has 0 fully saturated rings. The quantitative estimate of drug-likeness (QED) is 0.862. The van der Waals surface area contributed by atoms with Gasteiger partial charge < -0.3 is 10.0 Å². The molecule has 0 aliphatic rings. The van der Waals surface area contributed by atoms with Gasteiger partial charge in [0.25, 0.3) is 0 Å². The number of rotatable bonds is 4. The second kappa shape index (κ2) is 6.32. The maximum absolute atomic E-state index is 13.7. The number of likely N-dealkylation sites (N-methyl/N-ethyl adjacent to an activating group) is 1. The van der Waals surface area contributed by atoms with E-state index in [0.717, 1.165) is 0 Å². The number of hydrogen-bond donors (Lipinski definition) is 1. The van der Waals surface area contributed by atoms with Gasteiger partial charge in [-0.3, -0.25) is 4.79 Å². The van der Waals surface area contributed by atoms with E-state index in [-0.39, 0.29) is 11.1 Å². The molecule has 0 saturated carbocycles. The minimum atomic E-state index is -1.14.